The summed E-state index contributed by atoms with van der Waals surface area (Å²) in [5.41, 5.74) is 5.87. The van der Waals surface area contributed by atoms with Gasteiger partial charge in [0, 0.05) is 18.1 Å². The van der Waals surface area contributed by atoms with Crippen LogP contribution in [0, 0.1) is 0 Å². The maximum absolute atomic E-state index is 12.8. The highest BCUT2D eigenvalue weighted by Crippen LogP contribution is 2.37. The van der Waals surface area contributed by atoms with Gasteiger partial charge < -0.3 is 5.73 Å². The Hall–Kier alpha value is -1.07. The minimum atomic E-state index is -4.31. The zero-order valence-electron chi connectivity index (χ0n) is 11.9. The summed E-state index contributed by atoms with van der Waals surface area (Å²) in [5.74, 6) is 0. The van der Waals surface area contributed by atoms with Crippen LogP contribution in [-0.2, 0) is 6.18 Å². The number of rotatable bonds is 3. The molecular formula is C15H21F3N2. The zero-order chi connectivity index (χ0) is 15.0. The van der Waals surface area contributed by atoms with Crippen molar-refractivity contribution in [1.82, 2.24) is 4.90 Å². The van der Waals surface area contributed by atoms with Crippen molar-refractivity contribution in [2.75, 3.05) is 13.1 Å². The number of nitrogens with zero attached hydrogens (tertiary/aromatic N) is 1. The van der Waals surface area contributed by atoms with Crippen LogP contribution in [0.1, 0.15) is 43.9 Å². The number of hydrogen-bond acceptors (Lipinski definition) is 2. The highest BCUT2D eigenvalue weighted by molar-refractivity contribution is 5.29. The van der Waals surface area contributed by atoms with E-state index in [2.05, 4.69) is 18.7 Å². The summed E-state index contributed by atoms with van der Waals surface area (Å²) in [5, 5.41) is 0. The quantitative estimate of drug-likeness (QED) is 0.920. The molecule has 20 heavy (non-hydrogen) atoms. The van der Waals surface area contributed by atoms with Gasteiger partial charge in [0.15, 0.2) is 0 Å². The fourth-order valence-electron chi connectivity index (χ4n) is 3.07. The smallest absolute Gasteiger partial charge is 0.329 e. The molecule has 1 aliphatic rings. The number of nitrogens with two attached hydrogens (primary N) is 1. The van der Waals surface area contributed by atoms with Crippen LogP contribution in [0.5, 0.6) is 0 Å². The lowest BCUT2D eigenvalue weighted by molar-refractivity contribution is -0.137. The minimum Gasteiger partial charge on any atom is -0.329 e. The molecule has 1 heterocycles. The van der Waals surface area contributed by atoms with E-state index in [0.29, 0.717) is 12.1 Å². The third-order valence-electron chi connectivity index (χ3n) is 4.16. The van der Waals surface area contributed by atoms with Crippen molar-refractivity contribution in [3.63, 3.8) is 0 Å². The van der Waals surface area contributed by atoms with Gasteiger partial charge in [-0.2, -0.15) is 13.2 Å². The minimum absolute atomic E-state index is 0.0156. The Balaban J connectivity index is 2.33. The molecule has 0 bridgehead atoms. The fraction of sp³-hybridized carbons (Fsp3) is 0.600. The third kappa shape index (κ3) is 2.99. The molecule has 1 aliphatic heterocycles. The van der Waals surface area contributed by atoms with Crippen LogP contribution in [0.25, 0.3) is 0 Å². The lowest BCUT2D eigenvalue weighted by atomic mass is 9.96. The first kappa shape index (κ1) is 15.3. The van der Waals surface area contributed by atoms with Crippen molar-refractivity contribution in [3.05, 3.63) is 35.4 Å². The average Bonchev–Trinajstić information content (AvgIpc) is 2.70. The Kier molecular flexibility index (Phi) is 4.12. The molecule has 112 valence electrons. The molecule has 0 amide bonds. The van der Waals surface area contributed by atoms with E-state index in [1.165, 1.54) is 12.1 Å². The van der Waals surface area contributed by atoms with Crippen molar-refractivity contribution in [2.45, 2.75) is 44.4 Å². The topological polar surface area (TPSA) is 29.3 Å². The van der Waals surface area contributed by atoms with E-state index in [1.807, 2.05) is 0 Å². The Bertz CT molecular complexity index is 468. The van der Waals surface area contributed by atoms with Crippen LogP contribution in [0.4, 0.5) is 13.2 Å². The van der Waals surface area contributed by atoms with Crippen molar-refractivity contribution in [2.24, 2.45) is 5.73 Å². The lowest BCUT2D eigenvalue weighted by Crippen LogP contribution is -2.43. The molecule has 1 unspecified atom stereocenters. The summed E-state index contributed by atoms with van der Waals surface area (Å²) in [6, 6.07) is 5.37. The van der Waals surface area contributed by atoms with Gasteiger partial charge in [0.05, 0.1) is 5.56 Å². The Morgan fingerprint density at radius 3 is 2.55 bits per heavy atom. The monoisotopic (exact) mass is 286 g/mol. The van der Waals surface area contributed by atoms with E-state index in [4.69, 9.17) is 5.73 Å². The SMILES string of the molecule is CC1(C)CCCN1C(CN)c1cccc(C(F)(F)F)c1. The molecule has 2 nitrogen and oxygen atoms in total. The van der Waals surface area contributed by atoms with Crippen molar-refractivity contribution in [1.29, 1.82) is 0 Å². The van der Waals surface area contributed by atoms with Gasteiger partial charge in [0.2, 0.25) is 0 Å². The molecule has 0 saturated carbocycles. The van der Waals surface area contributed by atoms with Crippen molar-refractivity contribution in [3.8, 4) is 0 Å². The van der Waals surface area contributed by atoms with Gasteiger partial charge in [-0.15, -0.1) is 0 Å². The van der Waals surface area contributed by atoms with Crippen molar-refractivity contribution < 1.29 is 13.2 Å². The van der Waals surface area contributed by atoms with E-state index >= 15 is 0 Å². The summed E-state index contributed by atoms with van der Waals surface area (Å²) in [6.45, 7) is 5.45. The molecule has 0 aromatic heterocycles. The van der Waals surface area contributed by atoms with Crippen molar-refractivity contribution >= 4 is 0 Å². The maximum Gasteiger partial charge on any atom is 0.416 e. The fourth-order valence-corrected chi connectivity index (χ4v) is 3.07. The molecule has 1 atom stereocenters. The first-order valence-electron chi connectivity index (χ1n) is 6.90. The molecule has 1 aromatic rings. The molecule has 1 fully saturated rings. The summed E-state index contributed by atoms with van der Waals surface area (Å²) < 4.78 is 38.5. The molecule has 0 spiro atoms. The number of likely N-dealkylation sites (tertiary alicyclic amines) is 1. The van der Waals surface area contributed by atoms with Crippen LogP contribution in [-0.4, -0.2) is 23.5 Å². The average molecular weight is 286 g/mol. The predicted octanol–water partition coefficient (Wildman–Crippen LogP) is 3.58. The zero-order valence-corrected chi connectivity index (χ0v) is 11.9. The molecule has 2 rings (SSSR count). The summed E-state index contributed by atoms with van der Waals surface area (Å²) in [6.07, 6.45) is -2.21. The van der Waals surface area contributed by atoms with E-state index in [1.54, 1.807) is 6.07 Å². The van der Waals surface area contributed by atoms with Gasteiger partial charge in [-0.25, -0.2) is 0 Å². The Labute approximate surface area is 117 Å². The standard InChI is InChI=1S/C15H21F3N2/c1-14(2)7-4-8-20(14)13(10-19)11-5-3-6-12(9-11)15(16,17)18/h3,5-6,9,13H,4,7-8,10,19H2,1-2H3. The first-order chi connectivity index (χ1) is 9.25. The van der Waals surface area contributed by atoms with E-state index in [9.17, 15) is 13.2 Å². The van der Waals surface area contributed by atoms with Gasteiger partial charge in [-0.3, -0.25) is 4.90 Å². The van der Waals surface area contributed by atoms with Crippen LogP contribution < -0.4 is 5.73 Å². The van der Waals surface area contributed by atoms with Gasteiger partial charge >= 0.3 is 6.18 Å². The van der Waals surface area contributed by atoms with Crippen LogP contribution in [0.15, 0.2) is 24.3 Å². The second-order valence-electron chi connectivity index (χ2n) is 5.98. The molecule has 5 heteroatoms. The predicted molar refractivity (Wildman–Crippen MR) is 73.3 cm³/mol. The van der Waals surface area contributed by atoms with E-state index in [0.717, 1.165) is 25.5 Å². The molecule has 2 N–H and O–H groups in total. The summed E-state index contributed by atoms with van der Waals surface area (Å²) in [7, 11) is 0. The second-order valence-corrected chi connectivity index (χ2v) is 5.98. The maximum atomic E-state index is 12.8. The number of halogens is 3. The number of benzene rings is 1. The summed E-state index contributed by atoms with van der Waals surface area (Å²) >= 11 is 0. The number of hydrogen-bond donors (Lipinski definition) is 1. The molecule has 0 radical (unpaired) electrons. The van der Waals surface area contributed by atoms with Gasteiger partial charge in [0.25, 0.3) is 0 Å². The first-order valence-corrected chi connectivity index (χ1v) is 6.90. The molecular weight excluding hydrogens is 265 g/mol. The van der Waals surface area contributed by atoms with Gasteiger partial charge in [-0.1, -0.05) is 12.1 Å². The number of alkyl halides is 3. The Morgan fingerprint density at radius 1 is 1.35 bits per heavy atom. The third-order valence-corrected chi connectivity index (χ3v) is 4.16. The molecule has 1 saturated heterocycles. The van der Waals surface area contributed by atoms with Crippen LogP contribution >= 0.6 is 0 Å². The lowest BCUT2D eigenvalue weighted by Gasteiger charge is -2.38. The normalized spacial score (nSPS) is 21.1. The molecule has 0 aliphatic carbocycles. The van der Waals surface area contributed by atoms with E-state index < -0.39 is 11.7 Å². The van der Waals surface area contributed by atoms with Gasteiger partial charge in [0.1, 0.15) is 0 Å². The molecule has 1 aromatic carbocycles. The summed E-state index contributed by atoms with van der Waals surface area (Å²) in [4.78, 5) is 2.22. The largest absolute Gasteiger partial charge is 0.416 e. The second kappa shape index (κ2) is 5.37. The Morgan fingerprint density at radius 2 is 2.05 bits per heavy atom. The van der Waals surface area contributed by atoms with Crippen LogP contribution in [0.3, 0.4) is 0 Å². The highest BCUT2D eigenvalue weighted by Gasteiger charge is 2.37. The van der Waals surface area contributed by atoms with Gasteiger partial charge in [-0.05, 0) is 50.9 Å². The highest BCUT2D eigenvalue weighted by atomic mass is 19.4. The van der Waals surface area contributed by atoms with Crippen LogP contribution in [0.2, 0.25) is 0 Å². The van der Waals surface area contributed by atoms with E-state index in [-0.39, 0.29) is 11.6 Å².